The highest BCUT2D eigenvalue weighted by Crippen LogP contribution is 2.27. The second kappa shape index (κ2) is 8.48. The summed E-state index contributed by atoms with van der Waals surface area (Å²) >= 11 is 1.49. The number of aromatic nitrogens is 5. The van der Waals surface area contributed by atoms with E-state index in [9.17, 15) is 0 Å². The van der Waals surface area contributed by atoms with Gasteiger partial charge in [-0.25, -0.2) is 0 Å². The number of rotatable bonds is 7. The van der Waals surface area contributed by atoms with Gasteiger partial charge in [0.15, 0.2) is 11.0 Å². The minimum absolute atomic E-state index is 0.313. The quantitative estimate of drug-likeness (QED) is 0.419. The Morgan fingerprint density at radius 2 is 1.66 bits per heavy atom. The number of nitrogens with zero attached hydrogens (tertiary/aromatic N) is 5. The number of benzene rings is 2. The van der Waals surface area contributed by atoms with Crippen LogP contribution in [0.2, 0.25) is 0 Å². The summed E-state index contributed by atoms with van der Waals surface area (Å²) in [5.74, 6) is 3.23. The Labute approximate surface area is 173 Å². The van der Waals surface area contributed by atoms with E-state index >= 15 is 0 Å². The van der Waals surface area contributed by atoms with Gasteiger partial charge in [0.2, 0.25) is 11.8 Å². The molecule has 0 amide bonds. The van der Waals surface area contributed by atoms with Crippen LogP contribution in [0.25, 0.3) is 5.69 Å². The van der Waals surface area contributed by atoms with Crippen molar-refractivity contribution in [2.24, 2.45) is 0 Å². The van der Waals surface area contributed by atoms with Gasteiger partial charge < -0.3 is 9.15 Å². The summed E-state index contributed by atoms with van der Waals surface area (Å²) in [7, 11) is 0. The second-order valence-corrected chi connectivity index (χ2v) is 7.53. The van der Waals surface area contributed by atoms with Crippen molar-refractivity contribution in [2.45, 2.75) is 38.3 Å². The maximum absolute atomic E-state index is 6.12. The fraction of sp³-hybridized carbons (Fsp3) is 0.238. The Balaban J connectivity index is 1.60. The number of hydrogen-bond acceptors (Lipinski definition) is 7. The first-order valence-corrected chi connectivity index (χ1v) is 10.2. The second-order valence-electron chi connectivity index (χ2n) is 6.58. The first-order chi connectivity index (χ1) is 14.1. The molecule has 0 fully saturated rings. The largest absolute Gasteiger partial charge is 0.485 e. The van der Waals surface area contributed by atoms with Gasteiger partial charge in [0, 0.05) is 12.6 Å². The summed E-state index contributed by atoms with van der Waals surface area (Å²) in [5, 5.41) is 17.4. The molecule has 0 atom stereocenters. The fourth-order valence-corrected chi connectivity index (χ4v) is 3.82. The summed E-state index contributed by atoms with van der Waals surface area (Å²) < 4.78 is 13.6. The van der Waals surface area contributed by atoms with E-state index in [1.165, 1.54) is 11.8 Å². The van der Waals surface area contributed by atoms with E-state index < -0.39 is 0 Å². The zero-order valence-electron chi connectivity index (χ0n) is 16.5. The predicted molar refractivity (Wildman–Crippen MR) is 110 cm³/mol. The average Bonchev–Trinajstić information content (AvgIpc) is 3.32. The topological polar surface area (TPSA) is 78.9 Å². The van der Waals surface area contributed by atoms with E-state index in [2.05, 4.69) is 20.4 Å². The smallest absolute Gasteiger partial charge is 0.226 e. The lowest BCUT2D eigenvalue weighted by Crippen LogP contribution is -2.07. The van der Waals surface area contributed by atoms with E-state index in [1.54, 1.807) is 6.92 Å². The molecule has 4 aromatic rings. The molecule has 0 aliphatic heterocycles. The Kier molecular flexibility index (Phi) is 5.62. The van der Waals surface area contributed by atoms with Gasteiger partial charge in [-0.05, 0) is 37.1 Å². The van der Waals surface area contributed by atoms with Crippen molar-refractivity contribution in [1.29, 1.82) is 0 Å². The van der Waals surface area contributed by atoms with Crippen LogP contribution in [-0.2, 0) is 12.4 Å². The van der Waals surface area contributed by atoms with Crippen molar-refractivity contribution in [2.75, 3.05) is 0 Å². The number of hydrogen-bond donors (Lipinski definition) is 0. The molecule has 0 unspecified atom stereocenters. The number of aryl methyl sites for hydroxylation is 3. The molecule has 0 bridgehead atoms. The van der Waals surface area contributed by atoms with E-state index in [1.807, 2.05) is 66.9 Å². The van der Waals surface area contributed by atoms with Crippen molar-refractivity contribution in [3.05, 3.63) is 77.3 Å². The third-order valence-corrected chi connectivity index (χ3v) is 5.28. The Hall–Kier alpha value is -3.13. The maximum Gasteiger partial charge on any atom is 0.226 e. The molecule has 2 heterocycles. The van der Waals surface area contributed by atoms with Gasteiger partial charge in [-0.2, -0.15) is 0 Å². The molecule has 0 saturated carbocycles. The van der Waals surface area contributed by atoms with Crippen LogP contribution in [0.1, 0.15) is 28.7 Å². The van der Waals surface area contributed by atoms with Crippen molar-refractivity contribution in [1.82, 2.24) is 25.0 Å². The molecule has 29 heavy (non-hydrogen) atoms. The lowest BCUT2D eigenvalue weighted by atomic mass is 10.1. The van der Waals surface area contributed by atoms with E-state index in [4.69, 9.17) is 9.15 Å². The normalized spacial score (nSPS) is 11.0. The minimum atomic E-state index is 0.313. The molecule has 7 nitrogen and oxygen atoms in total. The molecule has 4 rings (SSSR count). The summed E-state index contributed by atoms with van der Waals surface area (Å²) in [5.41, 5.74) is 3.16. The minimum Gasteiger partial charge on any atom is -0.485 e. The summed E-state index contributed by atoms with van der Waals surface area (Å²) in [6.45, 7) is 6.17. The zero-order valence-corrected chi connectivity index (χ0v) is 17.3. The van der Waals surface area contributed by atoms with Crippen LogP contribution >= 0.6 is 11.8 Å². The van der Waals surface area contributed by atoms with Gasteiger partial charge in [-0.3, -0.25) is 4.57 Å². The third kappa shape index (κ3) is 4.32. The molecular weight excluding hydrogens is 386 g/mol. The molecule has 0 aliphatic carbocycles. The molecule has 2 aromatic carbocycles. The molecule has 0 saturated heterocycles. The zero-order chi connectivity index (χ0) is 20.2. The van der Waals surface area contributed by atoms with Crippen molar-refractivity contribution >= 4 is 11.8 Å². The van der Waals surface area contributed by atoms with Gasteiger partial charge in [-0.1, -0.05) is 48.2 Å². The fourth-order valence-electron chi connectivity index (χ4n) is 3.01. The number of thioether (sulfide) groups is 1. The van der Waals surface area contributed by atoms with Crippen LogP contribution in [0.4, 0.5) is 0 Å². The van der Waals surface area contributed by atoms with Gasteiger partial charge in [0.05, 0.1) is 5.75 Å². The lowest BCUT2D eigenvalue weighted by molar-refractivity contribution is 0.289. The van der Waals surface area contributed by atoms with E-state index in [0.29, 0.717) is 24.1 Å². The Morgan fingerprint density at radius 1 is 0.897 bits per heavy atom. The first-order valence-electron chi connectivity index (χ1n) is 9.22. The number of para-hydroxylation sites is 2. The third-order valence-electron chi connectivity index (χ3n) is 4.36. The van der Waals surface area contributed by atoms with Crippen LogP contribution in [-0.4, -0.2) is 25.0 Å². The van der Waals surface area contributed by atoms with Crippen LogP contribution in [0.15, 0.2) is 58.1 Å². The van der Waals surface area contributed by atoms with Crippen LogP contribution < -0.4 is 4.74 Å². The maximum atomic E-state index is 6.12. The van der Waals surface area contributed by atoms with Crippen LogP contribution in [0.5, 0.6) is 5.75 Å². The summed E-state index contributed by atoms with van der Waals surface area (Å²) in [6.07, 6.45) is 0. The standard InChI is InChI=1S/C21H21N5O2S/c1-14-8-7-9-15(2)20(14)27-12-18-23-25-21(26(18)17-10-5-4-6-11-17)29-13-19-24-22-16(3)28-19/h4-11H,12-13H2,1-3H3. The molecule has 0 radical (unpaired) electrons. The Morgan fingerprint density at radius 3 is 2.34 bits per heavy atom. The molecule has 0 spiro atoms. The molecular formula is C21H21N5O2S. The molecule has 8 heteroatoms. The molecule has 148 valence electrons. The Bertz CT molecular complexity index is 1090. The van der Waals surface area contributed by atoms with Crippen LogP contribution in [0.3, 0.4) is 0 Å². The van der Waals surface area contributed by atoms with Crippen molar-refractivity contribution in [3.63, 3.8) is 0 Å². The average molecular weight is 407 g/mol. The molecule has 0 N–H and O–H groups in total. The van der Waals surface area contributed by atoms with Crippen molar-refractivity contribution in [3.8, 4) is 11.4 Å². The summed E-state index contributed by atoms with van der Waals surface area (Å²) in [6, 6.07) is 16.1. The van der Waals surface area contributed by atoms with Crippen molar-refractivity contribution < 1.29 is 9.15 Å². The molecule has 0 aliphatic rings. The lowest BCUT2D eigenvalue weighted by Gasteiger charge is -2.13. The highest BCUT2D eigenvalue weighted by Gasteiger charge is 2.17. The van der Waals surface area contributed by atoms with Gasteiger partial charge in [0.25, 0.3) is 0 Å². The monoisotopic (exact) mass is 407 g/mol. The molecule has 2 aromatic heterocycles. The highest BCUT2D eigenvalue weighted by atomic mass is 32.2. The van der Waals surface area contributed by atoms with E-state index in [-0.39, 0.29) is 0 Å². The van der Waals surface area contributed by atoms with E-state index in [0.717, 1.165) is 33.5 Å². The first kappa shape index (κ1) is 19.2. The van der Waals surface area contributed by atoms with Gasteiger partial charge >= 0.3 is 0 Å². The predicted octanol–water partition coefficient (Wildman–Crippen LogP) is 4.45. The van der Waals surface area contributed by atoms with Crippen LogP contribution in [0, 0.1) is 20.8 Å². The highest BCUT2D eigenvalue weighted by molar-refractivity contribution is 7.98. The van der Waals surface area contributed by atoms with Gasteiger partial charge in [-0.15, -0.1) is 20.4 Å². The number of ether oxygens (including phenoxy) is 1. The summed E-state index contributed by atoms with van der Waals surface area (Å²) in [4.78, 5) is 0. The van der Waals surface area contributed by atoms with Gasteiger partial charge in [0.1, 0.15) is 12.4 Å². The SMILES string of the molecule is Cc1nnc(CSc2nnc(COc3c(C)cccc3C)n2-c2ccccc2)o1.